The number of nitrogens with one attached hydrogen (secondary N) is 4. The van der Waals surface area contributed by atoms with Gasteiger partial charge in [-0.2, -0.15) is 0 Å². The Bertz CT molecular complexity index is 4670. The molecule has 0 saturated carbocycles. The number of thiazole rings is 2. The average molecular weight is 1470 g/mol. The molecule has 0 bridgehead atoms. The number of anilines is 4. The third-order valence-electron chi connectivity index (χ3n) is 17.2. The van der Waals surface area contributed by atoms with Crippen LogP contribution in [0.2, 0.25) is 0 Å². The van der Waals surface area contributed by atoms with Gasteiger partial charge in [0.25, 0.3) is 0 Å². The van der Waals surface area contributed by atoms with Gasteiger partial charge in [-0.15, -0.1) is 0 Å². The first-order valence-electron chi connectivity index (χ1n) is 33.5. The second-order valence-corrected chi connectivity index (χ2v) is 28.0. The lowest BCUT2D eigenvalue weighted by molar-refractivity contribution is -0.303. The van der Waals surface area contributed by atoms with E-state index in [2.05, 4.69) is 62.3 Å². The predicted molar refractivity (Wildman–Crippen MR) is 382 cm³/mol. The number of methoxy groups -OCH3 is 1. The number of esters is 4. The van der Waals surface area contributed by atoms with E-state index < -0.39 is 77.5 Å². The fourth-order valence-corrected chi connectivity index (χ4v) is 13.7. The molecule has 3 saturated heterocycles. The van der Waals surface area contributed by atoms with Crippen LogP contribution in [0, 0.1) is 0 Å². The van der Waals surface area contributed by atoms with Gasteiger partial charge in [0, 0.05) is 118 Å². The second kappa shape index (κ2) is 32.7. The predicted octanol–water partition coefficient (Wildman–Crippen LogP) is 9.38. The van der Waals surface area contributed by atoms with Gasteiger partial charge in [-0.05, 0) is 60.7 Å². The zero-order chi connectivity index (χ0) is 73.2. The van der Waals surface area contributed by atoms with Gasteiger partial charge in [0.15, 0.2) is 52.3 Å². The SMILES string of the molecule is CC(C)(CO)c1cc(NC(=O)Nc2ccc(-c3cn4c(n3)sc3cc(OCCN5CCOCC5)ccc34)cc2)no1.COC(=O)C1O[C@@H](OCC(C)(C)c2cc(NC(=O)Nc3ccc(-c4cn5c(n4)sc4cc(OCCN6CCOCC6)ccc45)cc3)no2)C(OC(C)=O)[C@@H](OC(C)=O)[C@@H]1OC(C)=O. The molecule has 0 radical (unpaired) electrons. The highest BCUT2D eigenvalue weighted by atomic mass is 32.1. The number of morpholine rings is 2. The van der Waals surface area contributed by atoms with Crippen LogP contribution < -0.4 is 30.7 Å². The summed E-state index contributed by atoms with van der Waals surface area (Å²) in [6, 6.07) is 29.0. The van der Waals surface area contributed by atoms with Gasteiger partial charge in [-0.1, -0.05) is 84.9 Å². The topological polar surface area (TPSA) is 356 Å². The summed E-state index contributed by atoms with van der Waals surface area (Å²) < 4.78 is 72.9. The Morgan fingerprint density at radius 1 is 0.567 bits per heavy atom. The lowest BCUT2D eigenvalue weighted by Crippen LogP contribution is -2.64. The molecule has 550 valence electrons. The molecule has 4 aromatic carbocycles. The average Bonchev–Trinajstić information content (AvgIpc) is 1.53. The van der Waals surface area contributed by atoms with Crippen molar-refractivity contribution in [2.45, 2.75) is 90.0 Å². The van der Waals surface area contributed by atoms with Crippen LogP contribution in [0.3, 0.4) is 0 Å². The fraction of sp³-hybridized carbons (Fsp3) is 0.408. The second-order valence-electron chi connectivity index (χ2n) is 26.0. The number of rotatable bonds is 24. The highest BCUT2D eigenvalue weighted by Gasteiger charge is 2.55. The molecule has 3 aliphatic rings. The zero-order valence-electron chi connectivity index (χ0n) is 58.4. The van der Waals surface area contributed by atoms with Crippen LogP contribution in [0.15, 0.2) is 119 Å². The Hall–Kier alpha value is -10.1. The summed E-state index contributed by atoms with van der Waals surface area (Å²) >= 11 is 3.20. The third kappa shape index (κ3) is 18.1. The number of hydrogen-bond acceptors (Lipinski definition) is 27. The quantitative estimate of drug-likeness (QED) is 0.0278. The summed E-state index contributed by atoms with van der Waals surface area (Å²) in [6.45, 7) is 20.0. The number of amides is 4. The standard InChI is InChI=1S/C42H48N6O14S.C29H32N6O5S/c1-23(49)58-34-35(59-24(2)50)37(60-25(3)51)39(61-36(34)38(52)54-6)57-22-42(4,5)32-20-33(46-62-32)45-40(53)43-27-9-7-26(8-10-27)29-21-48-30-12-11-28(19-31(30)63-41(48)44-29)56-18-15-47-13-16-55-17-14-47;1-29(2,18-36)25-16-26(33-40-25)32-27(37)30-20-5-3-19(4-6-20)22-17-35-23-8-7-21(15-24(23)41-28(35)31-22)39-14-11-34-9-12-38-13-10-34/h7-12,19-21,34-37,39H,13-18,22H2,1-6H3,(H2,43,45,46,53);3-8,15-17,36H,9-14,18H2,1-2H3,(H2,30,32,33,37)/t34-,35-,36?,37?,39+;/m0./s1. The number of imidazole rings is 2. The number of benzene rings is 4. The van der Waals surface area contributed by atoms with Crippen LogP contribution in [0.4, 0.5) is 32.6 Å². The van der Waals surface area contributed by atoms with Crippen molar-refractivity contribution in [3.05, 3.63) is 121 Å². The van der Waals surface area contributed by atoms with Crippen molar-refractivity contribution < 1.29 is 90.3 Å². The number of aliphatic hydroxyl groups excluding tert-OH is 1. The van der Waals surface area contributed by atoms with Crippen molar-refractivity contribution in [1.82, 2.24) is 38.9 Å². The van der Waals surface area contributed by atoms with Gasteiger partial charge in [-0.25, -0.2) is 24.4 Å². The Balaban J connectivity index is 0.000000213. The molecule has 4 amide bonds. The molecule has 5 atom stereocenters. The summed E-state index contributed by atoms with van der Waals surface area (Å²) in [4.78, 5) is 90.6. The maximum atomic E-state index is 13.0. The van der Waals surface area contributed by atoms with E-state index >= 15 is 0 Å². The van der Waals surface area contributed by atoms with Crippen LogP contribution in [0.1, 0.15) is 60.0 Å². The van der Waals surface area contributed by atoms with E-state index in [9.17, 15) is 33.9 Å². The number of carbonyl (C=O) groups is 6. The molecule has 3 aliphatic heterocycles. The molecule has 31 nitrogen and oxygen atoms in total. The number of aliphatic hydroxyl groups is 1. The van der Waals surface area contributed by atoms with E-state index in [1.165, 1.54) is 6.07 Å². The van der Waals surface area contributed by atoms with E-state index in [0.29, 0.717) is 30.3 Å². The number of aromatic nitrogens is 6. The van der Waals surface area contributed by atoms with Crippen LogP contribution in [-0.2, 0) is 67.9 Å². The van der Waals surface area contributed by atoms with Gasteiger partial charge in [0.2, 0.25) is 0 Å². The van der Waals surface area contributed by atoms with Gasteiger partial charge >= 0.3 is 35.9 Å². The number of urea groups is 2. The Morgan fingerprint density at radius 3 is 1.45 bits per heavy atom. The molecular weight excluding hydrogens is 1390 g/mol. The minimum absolute atomic E-state index is 0.0979. The minimum atomic E-state index is -1.62. The maximum absolute atomic E-state index is 13.0. The summed E-state index contributed by atoms with van der Waals surface area (Å²) in [6.07, 6.45) is -3.64. The van der Waals surface area contributed by atoms with Crippen LogP contribution in [-0.4, -0.2) is 210 Å². The molecule has 2 unspecified atom stereocenters. The molecule has 10 aromatic rings. The Kier molecular flexibility index (Phi) is 23.2. The van der Waals surface area contributed by atoms with Crippen molar-refractivity contribution in [2.75, 3.05) is 121 Å². The fourth-order valence-electron chi connectivity index (χ4n) is 11.6. The van der Waals surface area contributed by atoms with Crippen molar-refractivity contribution in [2.24, 2.45) is 0 Å². The summed E-state index contributed by atoms with van der Waals surface area (Å²) in [5.41, 5.74) is 5.12. The van der Waals surface area contributed by atoms with E-state index in [1.54, 1.807) is 54.7 Å². The van der Waals surface area contributed by atoms with Gasteiger partial charge in [0.05, 0.1) is 78.6 Å². The highest BCUT2D eigenvalue weighted by Crippen LogP contribution is 2.37. The first-order chi connectivity index (χ1) is 50.0. The zero-order valence-corrected chi connectivity index (χ0v) is 60.0. The number of fused-ring (bicyclic) bond motifs is 6. The molecule has 13 rings (SSSR count). The van der Waals surface area contributed by atoms with Crippen LogP contribution in [0.5, 0.6) is 11.5 Å². The van der Waals surface area contributed by atoms with Crippen molar-refractivity contribution in [3.8, 4) is 34.0 Å². The molecule has 0 aliphatic carbocycles. The van der Waals surface area contributed by atoms with Crippen molar-refractivity contribution in [3.63, 3.8) is 0 Å². The molecule has 0 spiro atoms. The lowest BCUT2D eigenvalue weighted by Gasteiger charge is -2.43. The molecule has 3 fully saturated rings. The molecule has 9 heterocycles. The summed E-state index contributed by atoms with van der Waals surface area (Å²) in [7, 11) is 1.09. The number of ether oxygens (including phenoxy) is 10. The Labute approximate surface area is 603 Å². The van der Waals surface area contributed by atoms with Gasteiger partial charge < -0.3 is 72.2 Å². The monoisotopic (exact) mass is 1470 g/mol. The summed E-state index contributed by atoms with van der Waals surface area (Å²) in [5.74, 6) is -0.584. The normalized spacial score (nSPS) is 18.1. The lowest BCUT2D eigenvalue weighted by atomic mass is 9.91. The molecular formula is C71H80N12O19S2. The largest absolute Gasteiger partial charge is 0.492 e. The number of hydrogen-bond donors (Lipinski definition) is 5. The van der Waals surface area contributed by atoms with E-state index in [-0.39, 0.29) is 30.6 Å². The number of nitrogens with zero attached hydrogens (tertiary/aromatic N) is 8. The first-order valence-corrected chi connectivity index (χ1v) is 35.2. The van der Waals surface area contributed by atoms with Gasteiger partial charge in [0.1, 0.15) is 36.2 Å². The Morgan fingerprint density at radius 2 is 1.01 bits per heavy atom. The third-order valence-corrected chi connectivity index (χ3v) is 19.3. The molecule has 104 heavy (non-hydrogen) atoms. The van der Waals surface area contributed by atoms with Crippen molar-refractivity contribution >= 4 is 112 Å². The summed E-state index contributed by atoms with van der Waals surface area (Å²) in [5, 5.41) is 28.2. The smallest absolute Gasteiger partial charge is 0.339 e. The minimum Gasteiger partial charge on any atom is -0.492 e. The van der Waals surface area contributed by atoms with Gasteiger partial charge in [-0.3, -0.25) is 43.6 Å². The molecule has 5 N–H and O–H groups in total. The molecule has 6 aromatic heterocycles. The van der Waals surface area contributed by atoms with E-state index in [4.69, 9.17) is 66.4 Å². The van der Waals surface area contributed by atoms with Crippen molar-refractivity contribution in [1.29, 1.82) is 0 Å². The number of carbonyl (C=O) groups excluding carboxylic acids is 6. The maximum Gasteiger partial charge on any atom is 0.339 e. The highest BCUT2D eigenvalue weighted by molar-refractivity contribution is 7.24. The molecule has 33 heteroatoms. The van der Waals surface area contributed by atoms with E-state index in [0.717, 1.165) is 158 Å². The van der Waals surface area contributed by atoms with Crippen LogP contribution >= 0.6 is 22.7 Å². The van der Waals surface area contributed by atoms with Crippen LogP contribution in [0.25, 0.3) is 52.9 Å². The van der Waals surface area contributed by atoms with E-state index in [1.807, 2.05) is 86.9 Å². The first kappa shape index (κ1) is 73.6.